The van der Waals surface area contributed by atoms with Gasteiger partial charge in [0, 0.05) is 18.5 Å². The van der Waals surface area contributed by atoms with E-state index in [0.29, 0.717) is 0 Å². The zero-order chi connectivity index (χ0) is 11.1. The highest BCUT2D eigenvalue weighted by molar-refractivity contribution is 4.70. The second-order valence-corrected chi connectivity index (χ2v) is 5.30. The lowest BCUT2D eigenvalue weighted by atomic mass is 9.95. The molecule has 0 aromatic carbocycles. The Balaban J connectivity index is 2.00. The third-order valence-corrected chi connectivity index (χ3v) is 2.90. The third-order valence-electron chi connectivity index (χ3n) is 2.90. The van der Waals surface area contributed by atoms with Crippen LogP contribution in [0.1, 0.15) is 26.7 Å². The van der Waals surface area contributed by atoms with Crippen LogP contribution in [0.4, 0.5) is 0 Å². The van der Waals surface area contributed by atoms with Gasteiger partial charge in [-0.05, 0) is 33.0 Å². The first-order valence-electron chi connectivity index (χ1n) is 6.09. The van der Waals surface area contributed by atoms with Gasteiger partial charge in [-0.1, -0.05) is 13.8 Å². The summed E-state index contributed by atoms with van der Waals surface area (Å²) in [6, 6.07) is 0. The molecule has 0 saturated carbocycles. The van der Waals surface area contributed by atoms with Crippen molar-refractivity contribution in [3.05, 3.63) is 0 Å². The summed E-state index contributed by atoms with van der Waals surface area (Å²) in [5.41, 5.74) is 0.250. The molecule has 1 fully saturated rings. The van der Waals surface area contributed by atoms with E-state index in [2.05, 4.69) is 24.1 Å². The Labute approximate surface area is 94.2 Å². The van der Waals surface area contributed by atoms with Crippen LogP contribution in [0.2, 0.25) is 0 Å². The minimum atomic E-state index is 0.250. The van der Waals surface area contributed by atoms with Gasteiger partial charge in [-0.3, -0.25) is 0 Å². The van der Waals surface area contributed by atoms with Gasteiger partial charge in [0.05, 0.1) is 13.2 Å². The molecule has 0 aromatic rings. The fourth-order valence-electron chi connectivity index (χ4n) is 2.08. The van der Waals surface area contributed by atoms with Gasteiger partial charge in [0.25, 0.3) is 0 Å². The summed E-state index contributed by atoms with van der Waals surface area (Å²) < 4.78 is 5.73. The third kappa shape index (κ3) is 5.50. The number of nitrogens with one attached hydrogen (secondary N) is 1. The molecule has 0 unspecified atom stereocenters. The smallest absolute Gasteiger partial charge is 0.0593 e. The lowest BCUT2D eigenvalue weighted by Crippen LogP contribution is -2.32. The molecule has 0 atom stereocenters. The molecule has 3 nitrogen and oxygen atoms in total. The van der Waals surface area contributed by atoms with Crippen molar-refractivity contribution in [1.82, 2.24) is 10.2 Å². The molecular formula is C12H26N2O. The van der Waals surface area contributed by atoms with Crippen LogP contribution in [-0.2, 0) is 4.74 Å². The summed E-state index contributed by atoms with van der Waals surface area (Å²) in [6.45, 7) is 10.9. The lowest BCUT2D eigenvalue weighted by Gasteiger charge is -2.24. The van der Waals surface area contributed by atoms with E-state index in [1.165, 1.54) is 25.9 Å². The quantitative estimate of drug-likeness (QED) is 0.647. The van der Waals surface area contributed by atoms with E-state index in [0.717, 1.165) is 26.3 Å². The lowest BCUT2D eigenvalue weighted by molar-refractivity contribution is 0.0515. The molecule has 0 radical (unpaired) electrons. The first kappa shape index (κ1) is 12.9. The molecule has 1 rings (SSSR count). The molecule has 3 heteroatoms. The van der Waals surface area contributed by atoms with Gasteiger partial charge in [0.15, 0.2) is 0 Å². The number of hydrogen-bond donors (Lipinski definition) is 1. The van der Waals surface area contributed by atoms with Crippen LogP contribution in [0, 0.1) is 5.41 Å². The first-order valence-corrected chi connectivity index (χ1v) is 6.09. The summed E-state index contributed by atoms with van der Waals surface area (Å²) in [4.78, 5) is 2.49. The summed E-state index contributed by atoms with van der Waals surface area (Å²) in [5.74, 6) is 0. The van der Waals surface area contributed by atoms with Gasteiger partial charge >= 0.3 is 0 Å². The highest BCUT2D eigenvalue weighted by atomic mass is 16.5. The standard InChI is InChI=1S/C12H26N2O/c1-12(2,10-13-3)11-15-9-8-14-6-4-5-7-14/h13H,4-11H2,1-3H3. The monoisotopic (exact) mass is 214 g/mol. The zero-order valence-corrected chi connectivity index (χ0v) is 10.5. The second kappa shape index (κ2) is 6.46. The van der Waals surface area contributed by atoms with Crippen LogP contribution in [0.5, 0.6) is 0 Å². The fraction of sp³-hybridized carbons (Fsp3) is 1.00. The van der Waals surface area contributed by atoms with Gasteiger partial charge in [-0.2, -0.15) is 0 Å². The molecule has 15 heavy (non-hydrogen) atoms. The molecule has 1 aliphatic rings. The summed E-state index contributed by atoms with van der Waals surface area (Å²) in [5, 5.41) is 3.20. The minimum absolute atomic E-state index is 0.250. The van der Waals surface area contributed by atoms with E-state index in [4.69, 9.17) is 4.74 Å². The predicted molar refractivity (Wildman–Crippen MR) is 64.2 cm³/mol. The van der Waals surface area contributed by atoms with Crippen molar-refractivity contribution >= 4 is 0 Å². The van der Waals surface area contributed by atoms with Crippen LogP contribution in [0.25, 0.3) is 0 Å². The Morgan fingerprint density at radius 2 is 1.93 bits per heavy atom. The van der Waals surface area contributed by atoms with Crippen molar-refractivity contribution in [2.24, 2.45) is 5.41 Å². The second-order valence-electron chi connectivity index (χ2n) is 5.30. The van der Waals surface area contributed by atoms with E-state index in [9.17, 15) is 0 Å². The van der Waals surface area contributed by atoms with Crippen LogP contribution in [0.15, 0.2) is 0 Å². The zero-order valence-electron chi connectivity index (χ0n) is 10.5. The molecule has 1 aliphatic heterocycles. The number of likely N-dealkylation sites (tertiary alicyclic amines) is 1. The van der Waals surface area contributed by atoms with Gasteiger partial charge in [-0.15, -0.1) is 0 Å². The SMILES string of the molecule is CNCC(C)(C)COCCN1CCCC1. The van der Waals surface area contributed by atoms with Crippen molar-refractivity contribution in [1.29, 1.82) is 0 Å². The average molecular weight is 214 g/mol. The molecule has 1 saturated heterocycles. The summed E-state index contributed by atoms with van der Waals surface area (Å²) in [6.07, 6.45) is 2.73. The van der Waals surface area contributed by atoms with E-state index in [1.54, 1.807) is 0 Å². The molecule has 1 N–H and O–H groups in total. The van der Waals surface area contributed by atoms with Gasteiger partial charge < -0.3 is 15.0 Å². The van der Waals surface area contributed by atoms with Crippen LogP contribution in [0.3, 0.4) is 0 Å². The van der Waals surface area contributed by atoms with Gasteiger partial charge in [0.1, 0.15) is 0 Å². The van der Waals surface area contributed by atoms with Crippen LogP contribution >= 0.6 is 0 Å². The van der Waals surface area contributed by atoms with Gasteiger partial charge in [-0.25, -0.2) is 0 Å². The molecule has 1 heterocycles. The number of ether oxygens (including phenoxy) is 1. The minimum Gasteiger partial charge on any atom is -0.380 e. The molecule has 0 aromatic heterocycles. The Hall–Kier alpha value is -0.120. The van der Waals surface area contributed by atoms with E-state index >= 15 is 0 Å². The Bertz CT molecular complexity index is 165. The molecular weight excluding hydrogens is 188 g/mol. The maximum atomic E-state index is 5.73. The number of hydrogen-bond acceptors (Lipinski definition) is 3. The fourth-order valence-corrected chi connectivity index (χ4v) is 2.08. The highest BCUT2D eigenvalue weighted by Crippen LogP contribution is 2.13. The largest absolute Gasteiger partial charge is 0.380 e. The maximum absolute atomic E-state index is 5.73. The van der Waals surface area contributed by atoms with Gasteiger partial charge in [0.2, 0.25) is 0 Å². The van der Waals surface area contributed by atoms with E-state index in [-0.39, 0.29) is 5.41 Å². The Morgan fingerprint density at radius 3 is 2.53 bits per heavy atom. The van der Waals surface area contributed by atoms with E-state index in [1.807, 2.05) is 7.05 Å². The summed E-state index contributed by atoms with van der Waals surface area (Å²) in [7, 11) is 1.99. The Morgan fingerprint density at radius 1 is 1.27 bits per heavy atom. The molecule has 90 valence electrons. The predicted octanol–water partition coefficient (Wildman–Crippen LogP) is 1.34. The molecule has 0 spiro atoms. The molecule has 0 bridgehead atoms. The molecule has 0 amide bonds. The van der Waals surface area contributed by atoms with Crippen molar-refractivity contribution in [2.75, 3.05) is 46.4 Å². The van der Waals surface area contributed by atoms with Crippen LogP contribution < -0.4 is 5.32 Å². The van der Waals surface area contributed by atoms with Crippen molar-refractivity contribution < 1.29 is 4.74 Å². The van der Waals surface area contributed by atoms with Crippen molar-refractivity contribution in [2.45, 2.75) is 26.7 Å². The molecule has 0 aliphatic carbocycles. The normalized spacial score (nSPS) is 18.6. The maximum Gasteiger partial charge on any atom is 0.0593 e. The summed E-state index contributed by atoms with van der Waals surface area (Å²) >= 11 is 0. The van der Waals surface area contributed by atoms with Crippen molar-refractivity contribution in [3.63, 3.8) is 0 Å². The number of rotatable bonds is 7. The Kier molecular flexibility index (Phi) is 5.58. The van der Waals surface area contributed by atoms with E-state index < -0.39 is 0 Å². The number of nitrogens with zero attached hydrogens (tertiary/aromatic N) is 1. The average Bonchev–Trinajstić information content (AvgIpc) is 2.65. The topological polar surface area (TPSA) is 24.5 Å². The highest BCUT2D eigenvalue weighted by Gasteiger charge is 2.17. The van der Waals surface area contributed by atoms with Crippen LogP contribution in [-0.4, -0.2) is 51.3 Å². The first-order chi connectivity index (χ1) is 7.14. The van der Waals surface area contributed by atoms with Crippen molar-refractivity contribution in [3.8, 4) is 0 Å².